The molecule has 0 radical (unpaired) electrons. The number of hydrogen-bond acceptors (Lipinski definition) is 6. The van der Waals surface area contributed by atoms with E-state index >= 15 is 0 Å². The van der Waals surface area contributed by atoms with E-state index in [-0.39, 0.29) is 11.8 Å². The normalized spacial score (nSPS) is 16.5. The molecular formula is C18H18ClN3O3S3. The number of piperidine rings is 1. The van der Waals surface area contributed by atoms with Crippen LogP contribution in [0.15, 0.2) is 33.9 Å². The van der Waals surface area contributed by atoms with Gasteiger partial charge in [-0.05, 0) is 42.8 Å². The second-order valence-corrected chi connectivity index (χ2v) is 11.2. The van der Waals surface area contributed by atoms with Crippen LogP contribution in [0.25, 0.3) is 10.2 Å². The van der Waals surface area contributed by atoms with Crippen LogP contribution in [0, 0.1) is 12.8 Å². The van der Waals surface area contributed by atoms with Gasteiger partial charge in [-0.3, -0.25) is 4.79 Å². The van der Waals surface area contributed by atoms with Crippen molar-refractivity contribution in [3.8, 4) is 0 Å². The fourth-order valence-electron chi connectivity index (χ4n) is 3.26. The van der Waals surface area contributed by atoms with E-state index in [4.69, 9.17) is 11.6 Å². The summed E-state index contributed by atoms with van der Waals surface area (Å²) in [4.78, 5) is 17.1. The van der Waals surface area contributed by atoms with Crippen molar-refractivity contribution in [3.63, 3.8) is 0 Å². The molecule has 3 aromatic rings. The highest BCUT2D eigenvalue weighted by Gasteiger charge is 2.32. The Bertz CT molecular complexity index is 1080. The van der Waals surface area contributed by atoms with Gasteiger partial charge in [0.05, 0.1) is 15.2 Å². The Morgan fingerprint density at radius 3 is 2.68 bits per heavy atom. The lowest BCUT2D eigenvalue weighted by molar-refractivity contribution is -0.120. The number of aryl methyl sites for hydroxylation is 1. The maximum atomic E-state index is 12.7. The van der Waals surface area contributed by atoms with E-state index < -0.39 is 10.0 Å². The van der Waals surface area contributed by atoms with Crippen LogP contribution >= 0.6 is 34.3 Å². The molecule has 1 aromatic carbocycles. The van der Waals surface area contributed by atoms with Gasteiger partial charge in [0.25, 0.3) is 10.0 Å². The van der Waals surface area contributed by atoms with Crippen LogP contribution in [-0.2, 0) is 14.8 Å². The maximum Gasteiger partial charge on any atom is 0.252 e. The van der Waals surface area contributed by atoms with Gasteiger partial charge in [-0.25, -0.2) is 13.4 Å². The van der Waals surface area contributed by atoms with E-state index in [1.807, 2.05) is 19.1 Å². The van der Waals surface area contributed by atoms with Crippen molar-refractivity contribution >= 4 is 65.6 Å². The van der Waals surface area contributed by atoms with Gasteiger partial charge in [-0.2, -0.15) is 4.31 Å². The van der Waals surface area contributed by atoms with Crippen LogP contribution in [-0.4, -0.2) is 36.7 Å². The number of nitrogens with zero attached hydrogens (tertiary/aromatic N) is 2. The molecule has 0 unspecified atom stereocenters. The third kappa shape index (κ3) is 3.69. The Morgan fingerprint density at radius 1 is 1.29 bits per heavy atom. The molecule has 1 aliphatic heterocycles. The SMILES string of the molecule is Cc1ccc(Cl)c2sc(NC(=O)C3CCN(S(=O)(=O)c4cccs4)CC3)nc12. The van der Waals surface area contributed by atoms with Gasteiger partial charge in [0.2, 0.25) is 5.91 Å². The van der Waals surface area contributed by atoms with Crippen molar-refractivity contribution in [1.82, 2.24) is 9.29 Å². The molecule has 0 bridgehead atoms. The fourth-order valence-corrected chi connectivity index (χ4v) is 7.09. The van der Waals surface area contributed by atoms with Crippen molar-refractivity contribution in [2.24, 2.45) is 5.92 Å². The first-order chi connectivity index (χ1) is 13.4. The minimum Gasteiger partial charge on any atom is -0.302 e. The molecule has 4 rings (SSSR count). The average molecular weight is 456 g/mol. The zero-order chi connectivity index (χ0) is 19.9. The van der Waals surface area contributed by atoms with E-state index in [0.717, 1.165) is 15.8 Å². The molecule has 1 saturated heterocycles. The molecule has 1 amide bonds. The number of halogens is 1. The third-order valence-corrected chi connectivity index (χ3v) is 9.54. The van der Waals surface area contributed by atoms with Crippen molar-refractivity contribution in [1.29, 1.82) is 0 Å². The molecule has 0 atom stereocenters. The monoisotopic (exact) mass is 455 g/mol. The van der Waals surface area contributed by atoms with Crippen LogP contribution < -0.4 is 5.32 Å². The van der Waals surface area contributed by atoms with E-state index in [9.17, 15) is 13.2 Å². The average Bonchev–Trinajstić information content (AvgIpc) is 3.36. The summed E-state index contributed by atoms with van der Waals surface area (Å²) in [5.74, 6) is -0.362. The van der Waals surface area contributed by atoms with E-state index in [0.29, 0.717) is 40.3 Å². The highest BCUT2D eigenvalue weighted by atomic mass is 35.5. The summed E-state index contributed by atoms with van der Waals surface area (Å²) >= 11 is 8.79. The second-order valence-electron chi connectivity index (χ2n) is 6.66. The number of thiophene rings is 1. The predicted molar refractivity (Wildman–Crippen MR) is 114 cm³/mol. The smallest absolute Gasteiger partial charge is 0.252 e. The Labute approximate surface area is 176 Å². The number of aromatic nitrogens is 1. The van der Waals surface area contributed by atoms with Crippen molar-refractivity contribution < 1.29 is 13.2 Å². The first kappa shape index (κ1) is 19.8. The standard InChI is InChI=1S/C18H18ClN3O3S3/c1-11-4-5-13(19)16-15(11)20-18(27-16)21-17(23)12-6-8-22(9-7-12)28(24,25)14-3-2-10-26-14/h2-5,10,12H,6-9H2,1H3,(H,20,21,23). The summed E-state index contributed by atoms with van der Waals surface area (Å²) in [6.07, 6.45) is 0.974. The summed E-state index contributed by atoms with van der Waals surface area (Å²) in [5, 5.41) is 5.76. The predicted octanol–water partition coefficient (Wildman–Crippen LogP) is 4.36. The van der Waals surface area contributed by atoms with E-state index in [1.165, 1.54) is 27.0 Å². The van der Waals surface area contributed by atoms with Gasteiger partial charge in [0, 0.05) is 19.0 Å². The third-order valence-electron chi connectivity index (χ3n) is 4.84. The molecule has 1 N–H and O–H groups in total. The largest absolute Gasteiger partial charge is 0.302 e. The van der Waals surface area contributed by atoms with Gasteiger partial charge in [-0.1, -0.05) is 35.1 Å². The topological polar surface area (TPSA) is 79.4 Å². The summed E-state index contributed by atoms with van der Waals surface area (Å²) in [5.41, 5.74) is 1.80. The lowest BCUT2D eigenvalue weighted by Gasteiger charge is -2.29. The zero-order valence-electron chi connectivity index (χ0n) is 15.0. The maximum absolute atomic E-state index is 12.7. The lowest BCUT2D eigenvalue weighted by atomic mass is 9.97. The number of fused-ring (bicyclic) bond motifs is 1. The van der Waals surface area contributed by atoms with Crippen molar-refractivity contribution in [2.75, 3.05) is 18.4 Å². The molecule has 3 heterocycles. The number of rotatable bonds is 4. The number of carbonyl (C=O) groups is 1. The Hall–Kier alpha value is -1.52. The number of benzene rings is 1. The molecule has 0 saturated carbocycles. The van der Waals surface area contributed by atoms with Crippen LogP contribution in [0.2, 0.25) is 5.02 Å². The number of anilines is 1. The van der Waals surface area contributed by atoms with Gasteiger partial charge in [-0.15, -0.1) is 11.3 Å². The summed E-state index contributed by atoms with van der Waals surface area (Å²) in [7, 11) is -3.46. The van der Waals surface area contributed by atoms with Crippen LogP contribution in [0.3, 0.4) is 0 Å². The minimum absolute atomic E-state index is 0.124. The molecule has 10 heteroatoms. The number of carbonyl (C=O) groups excluding carboxylic acids is 1. The minimum atomic E-state index is -3.46. The van der Waals surface area contributed by atoms with Crippen LogP contribution in [0.5, 0.6) is 0 Å². The highest BCUT2D eigenvalue weighted by molar-refractivity contribution is 7.91. The molecular weight excluding hydrogens is 438 g/mol. The molecule has 1 aliphatic rings. The molecule has 0 aliphatic carbocycles. The van der Waals surface area contributed by atoms with E-state index in [1.54, 1.807) is 17.5 Å². The Balaban J connectivity index is 1.42. The quantitative estimate of drug-likeness (QED) is 0.633. The highest BCUT2D eigenvalue weighted by Crippen LogP contribution is 2.34. The number of amides is 1. The zero-order valence-corrected chi connectivity index (χ0v) is 18.2. The molecule has 2 aromatic heterocycles. The molecule has 28 heavy (non-hydrogen) atoms. The number of nitrogens with one attached hydrogen (secondary N) is 1. The van der Waals surface area contributed by atoms with Gasteiger partial charge < -0.3 is 5.32 Å². The molecule has 148 valence electrons. The molecule has 0 spiro atoms. The van der Waals surface area contributed by atoms with Crippen LogP contribution in [0.4, 0.5) is 5.13 Å². The van der Waals surface area contributed by atoms with Crippen LogP contribution in [0.1, 0.15) is 18.4 Å². The van der Waals surface area contributed by atoms with E-state index in [2.05, 4.69) is 10.3 Å². The summed E-state index contributed by atoms with van der Waals surface area (Å²) in [6, 6.07) is 7.06. The first-order valence-electron chi connectivity index (χ1n) is 8.76. The Kier molecular flexibility index (Phi) is 5.45. The summed E-state index contributed by atoms with van der Waals surface area (Å²) in [6.45, 7) is 2.62. The van der Waals surface area contributed by atoms with Gasteiger partial charge in [0.1, 0.15) is 4.21 Å². The second kappa shape index (κ2) is 7.72. The van der Waals surface area contributed by atoms with Gasteiger partial charge in [0.15, 0.2) is 5.13 Å². The van der Waals surface area contributed by atoms with Crippen molar-refractivity contribution in [2.45, 2.75) is 24.0 Å². The van der Waals surface area contributed by atoms with Crippen molar-refractivity contribution in [3.05, 3.63) is 40.2 Å². The fraction of sp³-hybridized carbons (Fsp3) is 0.333. The first-order valence-corrected chi connectivity index (χ1v) is 12.3. The number of thiazole rings is 1. The molecule has 1 fully saturated rings. The van der Waals surface area contributed by atoms with Gasteiger partial charge >= 0.3 is 0 Å². The molecule has 6 nitrogen and oxygen atoms in total. The number of hydrogen-bond donors (Lipinski definition) is 1. The Morgan fingerprint density at radius 2 is 2.04 bits per heavy atom. The lowest BCUT2D eigenvalue weighted by Crippen LogP contribution is -2.41. The summed E-state index contributed by atoms with van der Waals surface area (Å²) < 4.78 is 27.8. The number of sulfonamides is 1.